The molecule has 0 spiro atoms. The fraction of sp³-hybridized carbons (Fsp3) is 0.368. The number of piperazine rings is 1. The second-order valence-electron chi connectivity index (χ2n) is 6.97. The highest BCUT2D eigenvalue weighted by atomic mass is 32.2. The molecule has 1 saturated heterocycles. The second-order valence-corrected chi connectivity index (χ2v) is 8.53. The number of nitrogens with zero attached hydrogens (tertiary/aromatic N) is 2. The fourth-order valence-electron chi connectivity index (χ4n) is 3.15. The first-order chi connectivity index (χ1) is 14.3. The van der Waals surface area contributed by atoms with Crippen LogP contribution in [0.4, 0.5) is 5.69 Å². The molecule has 0 saturated carbocycles. The zero-order valence-corrected chi connectivity index (χ0v) is 17.2. The molecular weight excluding hydrogens is 410 g/mol. The lowest BCUT2D eigenvalue weighted by Gasteiger charge is -2.34. The van der Waals surface area contributed by atoms with Gasteiger partial charge in [-0.1, -0.05) is 6.07 Å². The number of carbonyl (C=O) groups excluding carboxylic acids is 2. The SMILES string of the molecule is NS(=O)(=O)c1cccc(NC(=O)CN2CCN(CCNC(=O)c3ccco3)CC2)c1. The lowest BCUT2D eigenvalue weighted by molar-refractivity contribution is -0.117. The van der Waals surface area contributed by atoms with Gasteiger partial charge in [-0.3, -0.25) is 19.4 Å². The molecular formula is C19H25N5O5S. The largest absolute Gasteiger partial charge is 0.459 e. The number of benzene rings is 1. The second kappa shape index (κ2) is 9.85. The van der Waals surface area contributed by atoms with Crippen LogP contribution >= 0.6 is 0 Å². The van der Waals surface area contributed by atoms with Gasteiger partial charge in [-0.05, 0) is 30.3 Å². The predicted molar refractivity (Wildman–Crippen MR) is 110 cm³/mol. The van der Waals surface area contributed by atoms with E-state index in [-0.39, 0.29) is 23.3 Å². The summed E-state index contributed by atoms with van der Waals surface area (Å²) in [5.74, 6) is -0.164. The third-order valence-electron chi connectivity index (χ3n) is 4.74. The molecule has 2 aromatic rings. The number of rotatable bonds is 8. The molecule has 0 radical (unpaired) electrons. The van der Waals surface area contributed by atoms with Crippen LogP contribution in [0.3, 0.4) is 0 Å². The number of sulfonamides is 1. The van der Waals surface area contributed by atoms with E-state index in [1.54, 1.807) is 18.2 Å². The number of carbonyl (C=O) groups is 2. The van der Waals surface area contributed by atoms with E-state index < -0.39 is 10.0 Å². The molecule has 30 heavy (non-hydrogen) atoms. The first kappa shape index (κ1) is 22.0. The van der Waals surface area contributed by atoms with Crippen molar-refractivity contribution in [2.75, 3.05) is 51.1 Å². The minimum Gasteiger partial charge on any atom is -0.459 e. The number of nitrogens with two attached hydrogens (primary N) is 1. The van der Waals surface area contributed by atoms with Gasteiger partial charge in [-0.25, -0.2) is 13.6 Å². The van der Waals surface area contributed by atoms with Crippen molar-refractivity contribution >= 4 is 27.5 Å². The standard InChI is InChI=1S/C19H25N5O5S/c20-30(27,28)16-4-1-3-15(13-16)22-18(25)14-24-10-8-23(9-11-24)7-6-21-19(26)17-5-2-12-29-17/h1-5,12-13H,6-11,14H2,(H,21,26)(H,22,25)(H2,20,27,28). The van der Waals surface area contributed by atoms with E-state index in [0.29, 0.717) is 24.5 Å². The number of furan rings is 1. The Hall–Kier alpha value is -2.73. The van der Waals surface area contributed by atoms with Crippen molar-refractivity contribution in [1.82, 2.24) is 15.1 Å². The lowest BCUT2D eigenvalue weighted by atomic mass is 10.3. The van der Waals surface area contributed by atoms with E-state index in [1.165, 1.54) is 24.5 Å². The maximum Gasteiger partial charge on any atom is 0.287 e. The Balaban J connectivity index is 1.37. The van der Waals surface area contributed by atoms with Crippen LogP contribution in [-0.2, 0) is 14.8 Å². The lowest BCUT2D eigenvalue weighted by Crippen LogP contribution is -2.50. The van der Waals surface area contributed by atoms with Gasteiger partial charge < -0.3 is 15.1 Å². The Morgan fingerprint density at radius 3 is 2.47 bits per heavy atom. The van der Waals surface area contributed by atoms with Gasteiger partial charge in [0.15, 0.2) is 5.76 Å². The van der Waals surface area contributed by atoms with Gasteiger partial charge in [0, 0.05) is 45.0 Å². The quantitative estimate of drug-likeness (QED) is 0.527. The van der Waals surface area contributed by atoms with Crippen LogP contribution in [0.2, 0.25) is 0 Å². The number of nitrogens with one attached hydrogen (secondary N) is 2. The van der Waals surface area contributed by atoms with E-state index >= 15 is 0 Å². The summed E-state index contributed by atoms with van der Waals surface area (Å²) in [6, 6.07) is 9.13. The first-order valence-corrected chi connectivity index (χ1v) is 11.0. The summed E-state index contributed by atoms with van der Waals surface area (Å²) in [6.45, 7) is 4.44. The Bertz CT molecular complexity index is 969. The summed E-state index contributed by atoms with van der Waals surface area (Å²) in [5, 5.41) is 10.6. The highest BCUT2D eigenvalue weighted by molar-refractivity contribution is 7.89. The summed E-state index contributed by atoms with van der Waals surface area (Å²) in [5.41, 5.74) is 0.387. The van der Waals surface area contributed by atoms with Gasteiger partial charge in [-0.2, -0.15) is 0 Å². The molecule has 1 aromatic carbocycles. The molecule has 11 heteroatoms. The van der Waals surface area contributed by atoms with Gasteiger partial charge in [-0.15, -0.1) is 0 Å². The third-order valence-corrected chi connectivity index (χ3v) is 5.65. The average molecular weight is 436 g/mol. The Morgan fingerprint density at radius 2 is 1.80 bits per heavy atom. The van der Waals surface area contributed by atoms with Crippen molar-refractivity contribution in [3.05, 3.63) is 48.4 Å². The molecule has 0 bridgehead atoms. The molecule has 0 unspecified atom stereocenters. The molecule has 2 heterocycles. The van der Waals surface area contributed by atoms with Crippen LogP contribution in [0, 0.1) is 0 Å². The molecule has 1 aromatic heterocycles. The fourth-order valence-corrected chi connectivity index (χ4v) is 3.71. The zero-order valence-electron chi connectivity index (χ0n) is 16.4. The Labute approximate surface area is 175 Å². The number of hydrogen-bond acceptors (Lipinski definition) is 7. The Morgan fingerprint density at radius 1 is 1.07 bits per heavy atom. The predicted octanol–water partition coefficient (Wildman–Crippen LogP) is -0.0869. The topological polar surface area (TPSA) is 138 Å². The summed E-state index contributed by atoms with van der Waals surface area (Å²) < 4.78 is 27.9. The molecule has 4 N–H and O–H groups in total. The van der Waals surface area contributed by atoms with Gasteiger partial charge in [0.25, 0.3) is 5.91 Å². The van der Waals surface area contributed by atoms with Crippen molar-refractivity contribution in [3.8, 4) is 0 Å². The third kappa shape index (κ3) is 6.39. The molecule has 1 aliphatic heterocycles. The summed E-state index contributed by atoms with van der Waals surface area (Å²) >= 11 is 0. The minimum atomic E-state index is -3.82. The summed E-state index contributed by atoms with van der Waals surface area (Å²) in [4.78, 5) is 28.3. The van der Waals surface area contributed by atoms with Crippen molar-refractivity contribution in [1.29, 1.82) is 0 Å². The minimum absolute atomic E-state index is 0.0481. The van der Waals surface area contributed by atoms with Gasteiger partial charge in [0.05, 0.1) is 17.7 Å². The van der Waals surface area contributed by atoms with Crippen LogP contribution in [-0.4, -0.2) is 75.8 Å². The first-order valence-electron chi connectivity index (χ1n) is 9.50. The van der Waals surface area contributed by atoms with Crippen molar-refractivity contribution in [3.63, 3.8) is 0 Å². The van der Waals surface area contributed by atoms with E-state index in [2.05, 4.69) is 15.5 Å². The van der Waals surface area contributed by atoms with Gasteiger partial charge in [0.2, 0.25) is 15.9 Å². The van der Waals surface area contributed by atoms with Crippen LogP contribution < -0.4 is 15.8 Å². The van der Waals surface area contributed by atoms with Gasteiger partial charge in [0.1, 0.15) is 0 Å². The van der Waals surface area contributed by atoms with E-state index in [9.17, 15) is 18.0 Å². The molecule has 0 aliphatic carbocycles. The molecule has 1 fully saturated rings. The van der Waals surface area contributed by atoms with Crippen LogP contribution in [0.25, 0.3) is 0 Å². The maximum atomic E-state index is 12.3. The monoisotopic (exact) mass is 435 g/mol. The molecule has 3 rings (SSSR count). The molecule has 162 valence electrons. The number of anilines is 1. The maximum absolute atomic E-state index is 12.3. The van der Waals surface area contributed by atoms with E-state index in [4.69, 9.17) is 9.56 Å². The van der Waals surface area contributed by atoms with Crippen LogP contribution in [0.5, 0.6) is 0 Å². The number of amides is 2. The van der Waals surface area contributed by atoms with Crippen LogP contribution in [0.1, 0.15) is 10.6 Å². The van der Waals surface area contributed by atoms with Gasteiger partial charge >= 0.3 is 0 Å². The normalized spacial score (nSPS) is 15.6. The molecule has 1 aliphatic rings. The van der Waals surface area contributed by atoms with Crippen molar-refractivity contribution in [2.45, 2.75) is 4.90 Å². The van der Waals surface area contributed by atoms with Crippen molar-refractivity contribution in [2.24, 2.45) is 5.14 Å². The summed E-state index contributed by atoms with van der Waals surface area (Å²) in [6.07, 6.45) is 1.46. The average Bonchev–Trinajstić information content (AvgIpc) is 3.24. The number of primary sulfonamides is 1. The molecule has 2 amide bonds. The highest BCUT2D eigenvalue weighted by Crippen LogP contribution is 2.14. The zero-order chi connectivity index (χ0) is 21.6. The smallest absolute Gasteiger partial charge is 0.287 e. The Kier molecular flexibility index (Phi) is 7.21. The molecule has 10 nitrogen and oxygen atoms in total. The van der Waals surface area contributed by atoms with E-state index in [1.807, 2.05) is 4.90 Å². The summed E-state index contributed by atoms with van der Waals surface area (Å²) in [7, 11) is -3.82. The van der Waals surface area contributed by atoms with Crippen molar-refractivity contribution < 1.29 is 22.4 Å². The van der Waals surface area contributed by atoms with Crippen LogP contribution in [0.15, 0.2) is 52.0 Å². The number of hydrogen-bond donors (Lipinski definition) is 3. The highest BCUT2D eigenvalue weighted by Gasteiger charge is 2.19. The molecule has 0 atom stereocenters. The van der Waals surface area contributed by atoms with E-state index in [0.717, 1.165) is 26.2 Å².